The lowest BCUT2D eigenvalue weighted by molar-refractivity contribution is -0.127. The number of hydrogen-bond acceptors (Lipinski definition) is 7. The van der Waals surface area contributed by atoms with Gasteiger partial charge in [0, 0.05) is 18.4 Å². The topological polar surface area (TPSA) is 74.9 Å². The minimum atomic E-state index is -0.183. The molecule has 0 spiro atoms. The molecule has 7 nitrogen and oxygen atoms in total. The van der Waals surface area contributed by atoms with Gasteiger partial charge in [0.2, 0.25) is 5.91 Å². The normalized spacial score (nSPS) is 23.9. The van der Waals surface area contributed by atoms with Crippen molar-refractivity contribution in [2.24, 2.45) is 5.92 Å². The largest absolute Gasteiger partial charge is 0.497 e. The predicted molar refractivity (Wildman–Crippen MR) is 110 cm³/mol. The van der Waals surface area contributed by atoms with Crippen LogP contribution in [-0.4, -0.2) is 38.3 Å². The molecule has 1 amide bonds. The Morgan fingerprint density at radius 2 is 1.82 bits per heavy atom. The van der Waals surface area contributed by atoms with E-state index >= 15 is 0 Å². The van der Waals surface area contributed by atoms with Crippen LogP contribution in [-0.2, 0) is 10.5 Å². The van der Waals surface area contributed by atoms with E-state index in [-0.39, 0.29) is 23.5 Å². The van der Waals surface area contributed by atoms with Crippen LogP contribution in [0.2, 0.25) is 0 Å². The molecule has 2 aliphatic heterocycles. The molecule has 8 heteroatoms. The lowest BCUT2D eigenvalue weighted by Gasteiger charge is -2.37. The molecule has 0 bridgehead atoms. The van der Waals surface area contributed by atoms with Crippen LogP contribution in [0.3, 0.4) is 0 Å². The zero-order valence-corrected chi connectivity index (χ0v) is 16.7. The highest BCUT2D eigenvalue weighted by Gasteiger charge is 2.44. The maximum Gasteiger partial charge on any atom is 0.229 e. The molecule has 2 aliphatic rings. The van der Waals surface area contributed by atoms with Crippen LogP contribution in [0.15, 0.2) is 48.5 Å². The molecule has 148 valence electrons. The van der Waals surface area contributed by atoms with Crippen LogP contribution < -0.4 is 30.5 Å². The summed E-state index contributed by atoms with van der Waals surface area (Å²) in [7, 11) is 3.28. The van der Waals surface area contributed by atoms with Gasteiger partial charge in [-0.1, -0.05) is 18.2 Å². The summed E-state index contributed by atoms with van der Waals surface area (Å²) in [6, 6.07) is 15.9. The van der Waals surface area contributed by atoms with Gasteiger partial charge < -0.3 is 14.8 Å². The number of hydrazine groups is 1. The predicted octanol–water partition coefficient (Wildman–Crippen LogP) is 1.91. The van der Waals surface area contributed by atoms with Gasteiger partial charge in [0.05, 0.1) is 25.8 Å². The maximum atomic E-state index is 12.6. The maximum absolute atomic E-state index is 12.6. The van der Waals surface area contributed by atoms with Crippen LogP contribution in [0.4, 0.5) is 5.69 Å². The summed E-state index contributed by atoms with van der Waals surface area (Å²) in [4.78, 5) is 12.6. The Hall–Kier alpha value is -2.42. The third-order valence-electron chi connectivity index (χ3n) is 4.94. The van der Waals surface area contributed by atoms with Crippen LogP contribution in [0.1, 0.15) is 5.56 Å². The molecule has 0 radical (unpaired) electrons. The fraction of sp³-hybridized carbons (Fsp3) is 0.350. The van der Waals surface area contributed by atoms with E-state index in [9.17, 15) is 4.79 Å². The van der Waals surface area contributed by atoms with E-state index in [1.54, 1.807) is 26.0 Å². The third-order valence-corrected chi connectivity index (χ3v) is 6.02. The number of anilines is 1. The molecule has 0 saturated carbocycles. The molecular weight excluding hydrogens is 376 g/mol. The van der Waals surface area contributed by atoms with Crippen molar-refractivity contribution in [1.82, 2.24) is 16.1 Å². The van der Waals surface area contributed by atoms with Gasteiger partial charge in [0.1, 0.15) is 23.2 Å². The van der Waals surface area contributed by atoms with Crippen molar-refractivity contribution < 1.29 is 14.3 Å². The highest BCUT2D eigenvalue weighted by Crippen LogP contribution is 2.29. The first-order valence-electron chi connectivity index (χ1n) is 9.15. The molecular formula is C20H24N4O3S. The van der Waals surface area contributed by atoms with Crippen molar-refractivity contribution in [3.63, 3.8) is 0 Å². The van der Waals surface area contributed by atoms with Gasteiger partial charge in [-0.25, -0.2) is 5.43 Å². The highest BCUT2D eigenvalue weighted by molar-refractivity contribution is 7.99. The van der Waals surface area contributed by atoms with Crippen LogP contribution in [0, 0.1) is 5.92 Å². The average Bonchev–Trinajstić information content (AvgIpc) is 3.17. The number of carbonyl (C=O) groups excluding carboxylic acids is 1. The number of nitrogens with one attached hydrogen (secondary N) is 3. The van der Waals surface area contributed by atoms with Gasteiger partial charge in [-0.15, -0.1) is 11.8 Å². The minimum absolute atomic E-state index is 0.0652. The summed E-state index contributed by atoms with van der Waals surface area (Å²) >= 11 is 1.63. The van der Waals surface area contributed by atoms with Gasteiger partial charge >= 0.3 is 0 Å². The van der Waals surface area contributed by atoms with E-state index in [0.717, 1.165) is 22.7 Å². The fourth-order valence-corrected chi connectivity index (χ4v) is 4.47. The number of methoxy groups -OCH3 is 2. The van der Waals surface area contributed by atoms with E-state index in [1.165, 1.54) is 0 Å². The van der Waals surface area contributed by atoms with Gasteiger partial charge in [-0.05, 0) is 29.8 Å². The van der Waals surface area contributed by atoms with E-state index < -0.39 is 0 Å². The second kappa shape index (κ2) is 8.30. The monoisotopic (exact) mass is 400 g/mol. The summed E-state index contributed by atoms with van der Waals surface area (Å²) in [6.45, 7) is 0.614. The van der Waals surface area contributed by atoms with Gasteiger partial charge in [-0.2, -0.15) is 0 Å². The Morgan fingerprint density at radius 1 is 1.11 bits per heavy atom. The number of fused-ring (bicyclic) bond motifs is 1. The Morgan fingerprint density at radius 3 is 2.50 bits per heavy atom. The van der Waals surface area contributed by atoms with Gasteiger partial charge in [0.15, 0.2) is 0 Å². The molecule has 2 heterocycles. The van der Waals surface area contributed by atoms with Crippen molar-refractivity contribution in [2.45, 2.75) is 17.4 Å². The second-order valence-corrected chi connectivity index (χ2v) is 7.80. The fourth-order valence-electron chi connectivity index (χ4n) is 3.51. The van der Waals surface area contributed by atoms with Crippen LogP contribution in [0.25, 0.3) is 0 Å². The molecule has 3 N–H and O–H groups in total. The molecule has 0 aromatic heterocycles. The summed E-state index contributed by atoms with van der Waals surface area (Å²) in [5, 5.41) is 8.67. The van der Waals surface area contributed by atoms with Crippen LogP contribution in [0.5, 0.6) is 11.5 Å². The summed E-state index contributed by atoms with van der Waals surface area (Å²) < 4.78 is 10.7. The number of para-hydroxylation sites is 1. The van der Waals surface area contributed by atoms with Crippen molar-refractivity contribution in [2.75, 3.05) is 25.8 Å². The smallest absolute Gasteiger partial charge is 0.229 e. The van der Waals surface area contributed by atoms with Gasteiger partial charge in [-0.3, -0.25) is 15.1 Å². The van der Waals surface area contributed by atoms with Crippen molar-refractivity contribution in [3.05, 3.63) is 54.1 Å². The summed E-state index contributed by atoms with van der Waals surface area (Å²) in [5.74, 6) is 2.16. The first kappa shape index (κ1) is 18.9. The average molecular weight is 401 g/mol. The number of ether oxygens (including phenoxy) is 2. The molecule has 28 heavy (non-hydrogen) atoms. The molecule has 3 unspecified atom stereocenters. The first-order valence-corrected chi connectivity index (χ1v) is 10.2. The molecule has 3 atom stereocenters. The van der Waals surface area contributed by atoms with E-state index in [2.05, 4.69) is 16.1 Å². The van der Waals surface area contributed by atoms with Crippen molar-refractivity contribution in [3.8, 4) is 11.5 Å². The Labute approximate surface area is 168 Å². The summed E-state index contributed by atoms with van der Waals surface area (Å²) in [5.41, 5.74) is 5.27. The minimum Gasteiger partial charge on any atom is -0.497 e. The molecule has 2 aromatic rings. The molecule has 0 aliphatic carbocycles. The lowest BCUT2D eigenvalue weighted by Crippen LogP contribution is -2.63. The number of rotatable bonds is 6. The number of thioether (sulfide) groups is 1. The Balaban J connectivity index is 1.44. The zero-order valence-electron chi connectivity index (χ0n) is 15.8. The Kier molecular flexibility index (Phi) is 5.61. The second-order valence-electron chi connectivity index (χ2n) is 6.71. The van der Waals surface area contributed by atoms with E-state index in [0.29, 0.717) is 12.3 Å². The van der Waals surface area contributed by atoms with E-state index in [4.69, 9.17) is 9.47 Å². The molecule has 2 fully saturated rings. The quantitative estimate of drug-likeness (QED) is 0.684. The molecule has 2 saturated heterocycles. The molecule has 2 aromatic carbocycles. The zero-order chi connectivity index (χ0) is 19.5. The third kappa shape index (κ3) is 3.89. The number of carbonyl (C=O) groups is 1. The summed E-state index contributed by atoms with van der Waals surface area (Å²) in [6.07, 6.45) is -0.0894. The number of amides is 1. The molecule has 4 rings (SSSR count). The number of benzene rings is 2. The SMILES string of the molecule is COc1cc(CSC2NC(=O)C3CNN(c4ccccc4)C3N2)cc(OC)c1. The highest BCUT2D eigenvalue weighted by atomic mass is 32.2. The van der Waals surface area contributed by atoms with Gasteiger partial charge in [0.25, 0.3) is 0 Å². The van der Waals surface area contributed by atoms with Crippen molar-refractivity contribution >= 4 is 23.4 Å². The van der Waals surface area contributed by atoms with Crippen molar-refractivity contribution in [1.29, 1.82) is 0 Å². The Bertz CT molecular complexity index is 813. The lowest BCUT2D eigenvalue weighted by atomic mass is 10.1. The number of nitrogens with zero attached hydrogens (tertiary/aromatic N) is 1. The van der Waals surface area contributed by atoms with Crippen LogP contribution >= 0.6 is 11.8 Å². The standard InChI is InChI=1S/C20H24N4O3S/c1-26-15-8-13(9-16(10-15)27-2)12-28-20-22-18-17(19(25)23-20)11-21-24(18)14-6-4-3-5-7-14/h3-10,17-18,20-22H,11-12H2,1-2H3,(H,23,25). The first-order chi connectivity index (χ1) is 13.7. The van der Waals surface area contributed by atoms with E-state index in [1.807, 2.05) is 53.5 Å². The number of hydrogen-bond donors (Lipinski definition) is 3.